The van der Waals surface area contributed by atoms with Gasteiger partial charge in [0.25, 0.3) is 11.8 Å². The van der Waals surface area contributed by atoms with Crippen molar-refractivity contribution < 1.29 is 23.1 Å². The van der Waals surface area contributed by atoms with E-state index in [1.165, 1.54) is 34.8 Å². The minimum absolute atomic E-state index is 0.0490. The van der Waals surface area contributed by atoms with Crippen molar-refractivity contribution in [1.82, 2.24) is 35.2 Å². The van der Waals surface area contributed by atoms with Crippen molar-refractivity contribution in [2.45, 2.75) is 19.1 Å². The molecule has 204 valence electrons. The molecule has 5 aromatic rings. The number of H-pyrrole nitrogens is 1. The first kappa shape index (κ1) is 25.6. The van der Waals surface area contributed by atoms with Crippen LogP contribution in [0.25, 0.3) is 16.2 Å². The number of hydrogen-bond donors (Lipinski definition) is 3. The Hall–Kier alpha value is -4.69. The first-order valence-corrected chi connectivity index (χ1v) is 13.1. The average molecular weight is 565 g/mol. The smallest absolute Gasteiger partial charge is 0.272 e. The molecule has 3 aromatic heterocycles. The number of likely N-dealkylation sites (N-methyl/N-ethyl adjacent to an activating group) is 1. The van der Waals surface area contributed by atoms with E-state index in [-0.39, 0.29) is 23.8 Å². The first-order chi connectivity index (χ1) is 19.4. The summed E-state index contributed by atoms with van der Waals surface area (Å²) >= 11 is 1.21. The van der Waals surface area contributed by atoms with Crippen LogP contribution in [0.15, 0.2) is 54.3 Å². The lowest BCUT2D eigenvalue weighted by Crippen LogP contribution is -2.49. The van der Waals surface area contributed by atoms with E-state index in [1.54, 1.807) is 22.9 Å². The lowest BCUT2D eigenvalue weighted by molar-refractivity contribution is -0.120. The van der Waals surface area contributed by atoms with E-state index in [2.05, 4.69) is 30.8 Å². The maximum atomic E-state index is 14.4. The van der Waals surface area contributed by atoms with Gasteiger partial charge < -0.3 is 20.3 Å². The topological polar surface area (TPSA) is 130 Å². The molecule has 0 bridgehead atoms. The average Bonchev–Trinajstić information content (AvgIpc) is 3.67. The van der Waals surface area contributed by atoms with Crippen molar-refractivity contribution in [3.05, 3.63) is 83.0 Å². The SMILES string of the molecule is CN1C(=O)[C@@H](NC(=O)c2cn3c(-c4ccc(F)cc4F)csc3n2)COc2cc(CNCc3ncn[nH]3)ccc21. The van der Waals surface area contributed by atoms with Gasteiger partial charge in [-0.05, 0) is 29.8 Å². The lowest BCUT2D eigenvalue weighted by atomic mass is 10.1. The van der Waals surface area contributed by atoms with Crippen LogP contribution in [0, 0.1) is 11.6 Å². The minimum Gasteiger partial charge on any atom is -0.489 e. The number of carbonyl (C=O) groups is 2. The Morgan fingerprint density at radius 1 is 1.23 bits per heavy atom. The molecule has 0 unspecified atom stereocenters. The minimum atomic E-state index is -0.966. The number of imidazole rings is 1. The molecule has 4 heterocycles. The summed E-state index contributed by atoms with van der Waals surface area (Å²) in [6, 6.07) is 7.85. The molecule has 0 spiro atoms. The summed E-state index contributed by atoms with van der Waals surface area (Å²) < 4.78 is 35.2. The number of carbonyl (C=O) groups excluding carboxylic acids is 2. The molecule has 1 aliphatic rings. The number of amides is 2. The highest BCUT2D eigenvalue weighted by molar-refractivity contribution is 7.15. The van der Waals surface area contributed by atoms with Crippen LogP contribution in [-0.4, -0.2) is 56.1 Å². The zero-order chi connectivity index (χ0) is 27.8. The third-order valence-electron chi connectivity index (χ3n) is 6.46. The molecule has 0 saturated carbocycles. The number of aromatic amines is 1. The zero-order valence-electron chi connectivity index (χ0n) is 21.0. The highest BCUT2D eigenvalue weighted by Crippen LogP contribution is 2.32. The Balaban J connectivity index is 1.15. The second-order valence-electron chi connectivity index (χ2n) is 9.10. The number of benzene rings is 2. The van der Waals surface area contributed by atoms with Crippen LogP contribution in [0.1, 0.15) is 21.9 Å². The third-order valence-corrected chi connectivity index (χ3v) is 7.30. The molecule has 3 N–H and O–H groups in total. The molecule has 6 rings (SSSR count). The van der Waals surface area contributed by atoms with E-state index in [1.807, 2.05) is 12.1 Å². The van der Waals surface area contributed by atoms with Crippen LogP contribution in [0.5, 0.6) is 5.75 Å². The molecule has 1 aliphatic heterocycles. The van der Waals surface area contributed by atoms with Gasteiger partial charge in [0, 0.05) is 36.8 Å². The maximum absolute atomic E-state index is 14.4. The van der Waals surface area contributed by atoms with Gasteiger partial charge in [0.15, 0.2) is 4.96 Å². The van der Waals surface area contributed by atoms with Crippen molar-refractivity contribution in [2.24, 2.45) is 0 Å². The number of aromatic nitrogens is 5. The van der Waals surface area contributed by atoms with E-state index in [4.69, 9.17) is 4.74 Å². The monoisotopic (exact) mass is 564 g/mol. The normalized spacial score (nSPS) is 15.1. The summed E-state index contributed by atoms with van der Waals surface area (Å²) in [5.41, 5.74) is 2.17. The molecule has 2 amide bonds. The van der Waals surface area contributed by atoms with Gasteiger partial charge in [0.05, 0.1) is 17.9 Å². The summed E-state index contributed by atoms with van der Waals surface area (Å²) in [5.74, 6) is -1.11. The molecule has 11 nitrogen and oxygen atoms in total. The second-order valence-corrected chi connectivity index (χ2v) is 9.93. The van der Waals surface area contributed by atoms with Gasteiger partial charge in [0.2, 0.25) is 0 Å². The van der Waals surface area contributed by atoms with Crippen LogP contribution in [-0.2, 0) is 17.9 Å². The van der Waals surface area contributed by atoms with Crippen molar-refractivity contribution in [3.8, 4) is 17.0 Å². The predicted molar refractivity (Wildman–Crippen MR) is 142 cm³/mol. The van der Waals surface area contributed by atoms with Gasteiger partial charge in [-0.2, -0.15) is 5.10 Å². The van der Waals surface area contributed by atoms with Gasteiger partial charge in [-0.25, -0.2) is 18.7 Å². The van der Waals surface area contributed by atoms with E-state index in [9.17, 15) is 18.4 Å². The van der Waals surface area contributed by atoms with E-state index in [0.29, 0.717) is 41.0 Å². The molecule has 2 aromatic carbocycles. The Morgan fingerprint density at radius 3 is 2.90 bits per heavy atom. The van der Waals surface area contributed by atoms with E-state index in [0.717, 1.165) is 17.7 Å². The number of anilines is 1. The number of nitrogens with one attached hydrogen (secondary N) is 3. The van der Waals surface area contributed by atoms with Crippen molar-refractivity contribution >= 4 is 33.8 Å². The fraction of sp³-hybridized carbons (Fsp3) is 0.192. The van der Waals surface area contributed by atoms with Crippen LogP contribution in [0.2, 0.25) is 0 Å². The molecule has 0 radical (unpaired) electrons. The Labute approximate surface area is 229 Å². The van der Waals surface area contributed by atoms with Gasteiger partial charge in [0.1, 0.15) is 47.9 Å². The molecular weight excluding hydrogens is 542 g/mol. The number of hydrogen-bond acceptors (Lipinski definition) is 8. The Morgan fingerprint density at radius 2 is 2.10 bits per heavy atom. The van der Waals surface area contributed by atoms with Crippen LogP contribution < -0.4 is 20.3 Å². The van der Waals surface area contributed by atoms with Crippen LogP contribution in [0.3, 0.4) is 0 Å². The number of rotatable bonds is 7. The van der Waals surface area contributed by atoms with Gasteiger partial charge in [-0.1, -0.05) is 6.07 Å². The second kappa shape index (κ2) is 10.5. The highest BCUT2D eigenvalue weighted by atomic mass is 32.1. The van der Waals surface area contributed by atoms with Gasteiger partial charge >= 0.3 is 0 Å². The van der Waals surface area contributed by atoms with Crippen molar-refractivity contribution in [3.63, 3.8) is 0 Å². The molecule has 1 atom stereocenters. The summed E-state index contributed by atoms with van der Waals surface area (Å²) in [6.45, 7) is 0.970. The van der Waals surface area contributed by atoms with Crippen molar-refractivity contribution in [1.29, 1.82) is 0 Å². The molecule has 40 heavy (non-hydrogen) atoms. The first-order valence-electron chi connectivity index (χ1n) is 12.2. The van der Waals surface area contributed by atoms with Crippen LogP contribution in [0.4, 0.5) is 14.5 Å². The molecule has 14 heteroatoms. The van der Waals surface area contributed by atoms with Crippen LogP contribution >= 0.6 is 11.3 Å². The van der Waals surface area contributed by atoms with E-state index >= 15 is 0 Å². The number of halogens is 2. The number of fused-ring (bicyclic) bond motifs is 2. The Bertz CT molecular complexity index is 1720. The summed E-state index contributed by atoms with van der Waals surface area (Å²) in [7, 11) is 1.62. The summed E-state index contributed by atoms with van der Waals surface area (Å²) in [5, 5.41) is 14.2. The largest absolute Gasteiger partial charge is 0.489 e. The lowest BCUT2D eigenvalue weighted by Gasteiger charge is -2.20. The summed E-state index contributed by atoms with van der Waals surface area (Å²) in [4.78, 5) is 36.6. The molecular formula is C26H22F2N8O3S. The zero-order valence-corrected chi connectivity index (χ0v) is 21.8. The highest BCUT2D eigenvalue weighted by Gasteiger charge is 2.31. The maximum Gasteiger partial charge on any atom is 0.272 e. The quantitative estimate of drug-likeness (QED) is 0.277. The van der Waals surface area contributed by atoms with Gasteiger partial charge in [-0.15, -0.1) is 11.3 Å². The molecule has 0 saturated heterocycles. The predicted octanol–water partition coefficient (Wildman–Crippen LogP) is 2.90. The molecule has 0 aliphatic carbocycles. The fourth-order valence-electron chi connectivity index (χ4n) is 4.42. The Kier molecular flexibility index (Phi) is 6.69. The third kappa shape index (κ3) is 4.89. The van der Waals surface area contributed by atoms with Crippen molar-refractivity contribution in [2.75, 3.05) is 18.6 Å². The number of ether oxygens (including phenoxy) is 1. The fourth-order valence-corrected chi connectivity index (χ4v) is 5.29. The standard InChI is InChI=1S/C26H22F2N8O3S/c1-35-20-5-2-14(8-29-9-23-30-13-31-34-23)6-22(20)39-11-19(25(35)38)32-24(37)18-10-36-21(12-40-26(36)33-18)16-4-3-15(27)7-17(16)28/h2-7,10,12-13,19,29H,8-9,11H2,1H3,(H,32,37)(H,30,31,34)/t19-/m0/s1. The molecule has 0 fully saturated rings. The number of thiazole rings is 1. The van der Waals surface area contributed by atoms with E-state index < -0.39 is 23.6 Å². The number of nitrogens with zero attached hydrogens (tertiary/aromatic N) is 5. The summed E-state index contributed by atoms with van der Waals surface area (Å²) in [6.07, 6.45) is 2.90. The van der Waals surface area contributed by atoms with Gasteiger partial charge in [-0.3, -0.25) is 19.1 Å².